The van der Waals surface area contributed by atoms with Gasteiger partial charge in [-0.1, -0.05) is 12.8 Å². The molecule has 0 aromatic rings. The van der Waals surface area contributed by atoms with Crippen LogP contribution in [-0.2, 0) is 9.57 Å². The van der Waals surface area contributed by atoms with E-state index >= 15 is 0 Å². The van der Waals surface area contributed by atoms with Gasteiger partial charge in [0.2, 0.25) is 0 Å². The predicted octanol–water partition coefficient (Wildman–Crippen LogP) is 0.707. The second-order valence-corrected chi connectivity index (χ2v) is 2.87. The van der Waals surface area contributed by atoms with Crippen LogP contribution in [0.4, 0.5) is 0 Å². The number of unbranched alkanes of at least 4 members (excludes halogenated alkanes) is 3. The van der Waals surface area contributed by atoms with Crippen LogP contribution in [0, 0.1) is 0 Å². The third kappa shape index (κ3) is 11.8. The average molecular weight is 191 g/mol. The maximum atomic E-state index is 8.51. The van der Waals surface area contributed by atoms with E-state index in [4.69, 9.17) is 14.7 Å². The van der Waals surface area contributed by atoms with Crippen LogP contribution in [0.25, 0.3) is 0 Å². The van der Waals surface area contributed by atoms with Crippen molar-refractivity contribution in [2.45, 2.75) is 25.7 Å². The SMILES string of the molecule is COCCONCCCCCCO. The average Bonchev–Trinajstić information content (AvgIpc) is 2.16. The molecule has 0 aromatic heterocycles. The van der Waals surface area contributed by atoms with Crippen LogP contribution < -0.4 is 5.48 Å². The first-order chi connectivity index (χ1) is 6.41. The van der Waals surface area contributed by atoms with Crippen LogP contribution in [0.15, 0.2) is 0 Å². The summed E-state index contributed by atoms with van der Waals surface area (Å²) in [5, 5.41) is 8.51. The van der Waals surface area contributed by atoms with Crippen LogP contribution in [0.3, 0.4) is 0 Å². The van der Waals surface area contributed by atoms with Gasteiger partial charge in [0.25, 0.3) is 0 Å². The zero-order chi connectivity index (χ0) is 9.78. The summed E-state index contributed by atoms with van der Waals surface area (Å²) in [6.45, 7) is 2.39. The Morgan fingerprint density at radius 2 is 1.85 bits per heavy atom. The van der Waals surface area contributed by atoms with Crippen molar-refractivity contribution in [3.63, 3.8) is 0 Å². The van der Waals surface area contributed by atoms with Crippen molar-refractivity contribution in [2.75, 3.05) is 33.5 Å². The van der Waals surface area contributed by atoms with Crippen LogP contribution in [-0.4, -0.2) is 38.6 Å². The third-order valence-electron chi connectivity index (χ3n) is 1.68. The van der Waals surface area contributed by atoms with Gasteiger partial charge in [-0.25, -0.2) is 5.48 Å². The minimum Gasteiger partial charge on any atom is -0.396 e. The quantitative estimate of drug-likeness (QED) is 0.394. The van der Waals surface area contributed by atoms with E-state index in [2.05, 4.69) is 5.48 Å². The summed E-state index contributed by atoms with van der Waals surface area (Å²) in [4.78, 5) is 5.06. The fourth-order valence-corrected chi connectivity index (χ4v) is 0.932. The van der Waals surface area contributed by atoms with Crippen molar-refractivity contribution in [1.82, 2.24) is 5.48 Å². The van der Waals surface area contributed by atoms with Crippen LogP contribution >= 0.6 is 0 Å². The van der Waals surface area contributed by atoms with E-state index in [1.54, 1.807) is 7.11 Å². The summed E-state index contributed by atoms with van der Waals surface area (Å²) in [5.41, 5.74) is 2.85. The van der Waals surface area contributed by atoms with Crippen LogP contribution in [0.2, 0.25) is 0 Å². The van der Waals surface area contributed by atoms with Gasteiger partial charge in [0.1, 0.15) is 0 Å². The Morgan fingerprint density at radius 1 is 1.08 bits per heavy atom. The van der Waals surface area contributed by atoms with Crippen LogP contribution in [0.1, 0.15) is 25.7 Å². The molecule has 4 heteroatoms. The number of aliphatic hydroxyl groups is 1. The lowest BCUT2D eigenvalue weighted by atomic mass is 10.2. The molecule has 80 valence electrons. The fraction of sp³-hybridized carbons (Fsp3) is 1.00. The van der Waals surface area contributed by atoms with E-state index in [1.165, 1.54) is 0 Å². The second-order valence-electron chi connectivity index (χ2n) is 2.87. The number of ether oxygens (including phenoxy) is 1. The van der Waals surface area contributed by atoms with Gasteiger partial charge in [0, 0.05) is 20.3 Å². The van der Waals surface area contributed by atoms with Crippen molar-refractivity contribution in [3.8, 4) is 0 Å². The van der Waals surface area contributed by atoms with Gasteiger partial charge in [-0.15, -0.1) is 0 Å². The minimum absolute atomic E-state index is 0.303. The number of hydrogen-bond donors (Lipinski definition) is 2. The van der Waals surface area contributed by atoms with E-state index in [1.807, 2.05) is 0 Å². The molecule has 0 atom stereocenters. The number of nitrogens with one attached hydrogen (secondary N) is 1. The van der Waals surface area contributed by atoms with E-state index in [-0.39, 0.29) is 0 Å². The normalized spacial score (nSPS) is 10.6. The first-order valence-electron chi connectivity index (χ1n) is 4.86. The summed E-state index contributed by atoms with van der Waals surface area (Å²) in [6, 6.07) is 0. The molecule has 2 N–H and O–H groups in total. The van der Waals surface area contributed by atoms with E-state index < -0.39 is 0 Å². The highest BCUT2D eigenvalue weighted by atomic mass is 16.7. The molecule has 0 aliphatic heterocycles. The molecule has 0 heterocycles. The molecular weight excluding hydrogens is 170 g/mol. The molecule has 0 spiro atoms. The van der Waals surface area contributed by atoms with E-state index in [9.17, 15) is 0 Å². The minimum atomic E-state index is 0.303. The molecule has 13 heavy (non-hydrogen) atoms. The molecule has 0 aliphatic carbocycles. The monoisotopic (exact) mass is 191 g/mol. The topological polar surface area (TPSA) is 50.7 Å². The molecule has 4 nitrogen and oxygen atoms in total. The zero-order valence-electron chi connectivity index (χ0n) is 8.42. The first-order valence-corrected chi connectivity index (χ1v) is 4.86. The van der Waals surface area contributed by atoms with Crippen molar-refractivity contribution < 1.29 is 14.7 Å². The molecular formula is C9H21NO3. The second kappa shape index (κ2) is 11.8. The number of hydrogen-bond acceptors (Lipinski definition) is 4. The summed E-state index contributed by atoms with van der Waals surface area (Å²) < 4.78 is 4.81. The van der Waals surface area contributed by atoms with Crippen LogP contribution in [0.5, 0.6) is 0 Å². The maximum Gasteiger partial charge on any atom is 0.0915 e. The zero-order valence-corrected chi connectivity index (χ0v) is 8.42. The molecule has 0 saturated carbocycles. The molecule has 0 radical (unpaired) electrons. The molecule has 0 fully saturated rings. The predicted molar refractivity (Wildman–Crippen MR) is 51.4 cm³/mol. The highest BCUT2D eigenvalue weighted by Crippen LogP contribution is 1.97. The third-order valence-corrected chi connectivity index (χ3v) is 1.68. The Balaban J connectivity index is 2.76. The Hall–Kier alpha value is -0.160. The van der Waals surface area contributed by atoms with Gasteiger partial charge in [-0.05, 0) is 12.8 Å². The molecule has 0 aromatic carbocycles. The summed E-state index contributed by atoms with van der Waals surface area (Å²) in [7, 11) is 1.65. The lowest BCUT2D eigenvalue weighted by Crippen LogP contribution is -2.18. The van der Waals surface area contributed by atoms with Gasteiger partial charge in [-0.3, -0.25) is 4.84 Å². The van der Waals surface area contributed by atoms with Gasteiger partial charge >= 0.3 is 0 Å². The number of hydroxylamine groups is 1. The highest BCUT2D eigenvalue weighted by Gasteiger charge is 1.89. The lowest BCUT2D eigenvalue weighted by molar-refractivity contribution is 0.00642. The summed E-state index contributed by atoms with van der Waals surface area (Å²) >= 11 is 0. The van der Waals surface area contributed by atoms with Crippen molar-refractivity contribution >= 4 is 0 Å². The smallest absolute Gasteiger partial charge is 0.0915 e. The molecule has 0 unspecified atom stereocenters. The Kier molecular flexibility index (Phi) is 11.7. The number of rotatable bonds is 10. The van der Waals surface area contributed by atoms with Gasteiger partial charge in [-0.2, -0.15) is 0 Å². The van der Waals surface area contributed by atoms with Crippen molar-refractivity contribution in [3.05, 3.63) is 0 Å². The lowest BCUT2D eigenvalue weighted by Gasteiger charge is -2.04. The molecule has 0 rings (SSSR count). The highest BCUT2D eigenvalue weighted by molar-refractivity contribution is 4.42. The van der Waals surface area contributed by atoms with Crippen molar-refractivity contribution in [2.24, 2.45) is 0 Å². The van der Waals surface area contributed by atoms with E-state index in [0.29, 0.717) is 19.8 Å². The molecule has 0 bridgehead atoms. The van der Waals surface area contributed by atoms with Gasteiger partial charge < -0.3 is 9.84 Å². The van der Waals surface area contributed by atoms with Crippen molar-refractivity contribution in [1.29, 1.82) is 0 Å². The molecule has 0 aliphatic rings. The Labute approximate surface area is 80.2 Å². The summed E-state index contributed by atoms with van der Waals surface area (Å²) in [6.07, 6.45) is 4.23. The molecule has 0 amide bonds. The number of methoxy groups -OCH3 is 1. The fourth-order valence-electron chi connectivity index (χ4n) is 0.932. The first kappa shape index (κ1) is 12.8. The largest absolute Gasteiger partial charge is 0.396 e. The Bertz CT molecular complexity index is 80.9. The Morgan fingerprint density at radius 3 is 2.54 bits per heavy atom. The number of aliphatic hydroxyl groups excluding tert-OH is 1. The molecule has 0 saturated heterocycles. The maximum absolute atomic E-state index is 8.51. The summed E-state index contributed by atoms with van der Waals surface area (Å²) in [5.74, 6) is 0. The standard InChI is InChI=1S/C9H21NO3/c1-12-8-9-13-10-6-4-2-3-5-7-11/h10-11H,2-9H2,1H3. The van der Waals surface area contributed by atoms with E-state index in [0.717, 1.165) is 32.2 Å². The van der Waals surface area contributed by atoms with Gasteiger partial charge in [0.15, 0.2) is 0 Å². The van der Waals surface area contributed by atoms with Gasteiger partial charge in [0.05, 0.1) is 13.2 Å².